The van der Waals surface area contributed by atoms with E-state index in [1.807, 2.05) is 25.7 Å². The molecule has 9 heteroatoms. The molecule has 1 unspecified atom stereocenters. The molecule has 1 saturated heterocycles. The van der Waals surface area contributed by atoms with Gasteiger partial charge in [-0.05, 0) is 52.4 Å². The average Bonchev–Trinajstić information content (AvgIpc) is 3.01. The van der Waals surface area contributed by atoms with Crippen LogP contribution in [0.5, 0.6) is 0 Å². The molecule has 0 amide bonds. The lowest BCUT2D eigenvalue weighted by Crippen LogP contribution is -2.38. The van der Waals surface area contributed by atoms with Crippen LogP contribution in [0.15, 0.2) is 6.20 Å². The van der Waals surface area contributed by atoms with Gasteiger partial charge in [-0.25, -0.2) is 4.98 Å². The van der Waals surface area contributed by atoms with Gasteiger partial charge in [0.1, 0.15) is 23.6 Å². The van der Waals surface area contributed by atoms with Crippen molar-refractivity contribution in [3.05, 3.63) is 27.6 Å². The van der Waals surface area contributed by atoms with Crippen LogP contribution >= 0.6 is 0 Å². The summed E-state index contributed by atoms with van der Waals surface area (Å²) in [6.07, 6.45) is 3.88. The standard InChI is InChI=1S/C21H29N3O6/c1-13(25)29-17-8-7-15-19(17)22-11-16(24(27)28)20(15)23-9-5-6-14(12-23)10-18(26)30-21(2,3)4/h11,14,17H,5-10,12H2,1-4H3/t14-,17?/m1/s1. The van der Waals surface area contributed by atoms with E-state index in [9.17, 15) is 19.7 Å². The van der Waals surface area contributed by atoms with E-state index in [0.29, 0.717) is 37.3 Å². The molecule has 30 heavy (non-hydrogen) atoms. The first-order valence-electron chi connectivity index (χ1n) is 10.4. The largest absolute Gasteiger partial charge is 0.460 e. The molecule has 1 aliphatic heterocycles. The summed E-state index contributed by atoms with van der Waals surface area (Å²) in [7, 11) is 0. The molecule has 1 aromatic heterocycles. The Labute approximate surface area is 175 Å². The zero-order valence-corrected chi connectivity index (χ0v) is 18.0. The number of carbonyl (C=O) groups excluding carboxylic acids is 2. The Kier molecular flexibility index (Phi) is 6.28. The molecule has 2 aliphatic rings. The number of rotatable bonds is 5. The average molecular weight is 419 g/mol. The van der Waals surface area contributed by atoms with Crippen LogP contribution in [0.25, 0.3) is 0 Å². The van der Waals surface area contributed by atoms with E-state index in [2.05, 4.69) is 4.98 Å². The summed E-state index contributed by atoms with van der Waals surface area (Å²) in [5.41, 5.74) is 1.33. The van der Waals surface area contributed by atoms with Crippen LogP contribution in [-0.2, 0) is 25.5 Å². The summed E-state index contributed by atoms with van der Waals surface area (Å²) in [6, 6.07) is 0. The second-order valence-electron chi connectivity index (χ2n) is 8.99. The van der Waals surface area contributed by atoms with Crippen LogP contribution in [0.1, 0.15) is 70.7 Å². The molecule has 9 nitrogen and oxygen atoms in total. The fraction of sp³-hybridized carbons (Fsp3) is 0.667. The van der Waals surface area contributed by atoms with Gasteiger partial charge in [0.05, 0.1) is 17.0 Å². The van der Waals surface area contributed by atoms with E-state index in [-0.39, 0.29) is 24.0 Å². The Morgan fingerprint density at radius 3 is 2.70 bits per heavy atom. The summed E-state index contributed by atoms with van der Waals surface area (Å²) in [5, 5.41) is 11.7. The molecule has 0 spiro atoms. The quantitative estimate of drug-likeness (QED) is 0.405. The number of pyridine rings is 1. The first-order chi connectivity index (χ1) is 14.0. The highest BCUT2D eigenvalue weighted by atomic mass is 16.6. The smallest absolute Gasteiger partial charge is 0.310 e. The maximum atomic E-state index is 12.3. The molecular weight excluding hydrogens is 390 g/mol. The predicted molar refractivity (Wildman–Crippen MR) is 109 cm³/mol. The van der Waals surface area contributed by atoms with E-state index in [1.165, 1.54) is 13.1 Å². The second kappa shape index (κ2) is 8.57. The highest BCUT2D eigenvalue weighted by molar-refractivity contribution is 5.72. The monoisotopic (exact) mass is 419 g/mol. The number of esters is 2. The highest BCUT2D eigenvalue weighted by Gasteiger charge is 2.36. The molecule has 164 valence electrons. The van der Waals surface area contributed by atoms with Gasteiger partial charge in [-0.15, -0.1) is 0 Å². The van der Waals surface area contributed by atoms with Crippen LogP contribution in [0.4, 0.5) is 11.4 Å². The normalized spacial score (nSPS) is 21.1. The zero-order chi connectivity index (χ0) is 22.1. The van der Waals surface area contributed by atoms with E-state index in [0.717, 1.165) is 18.4 Å². The summed E-state index contributed by atoms with van der Waals surface area (Å²) in [4.78, 5) is 41.2. The minimum Gasteiger partial charge on any atom is -0.460 e. The van der Waals surface area contributed by atoms with Gasteiger partial charge >= 0.3 is 17.6 Å². The highest BCUT2D eigenvalue weighted by Crippen LogP contribution is 2.43. The number of aromatic nitrogens is 1. The molecule has 3 rings (SSSR count). The first kappa shape index (κ1) is 22.0. The number of ether oxygens (including phenoxy) is 2. The number of hydrogen-bond donors (Lipinski definition) is 0. The Hall–Kier alpha value is -2.71. The minimum absolute atomic E-state index is 0.0462. The lowest BCUT2D eigenvalue weighted by molar-refractivity contribution is -0.384. The van der Waals surface area contributed by atoms with E-state index >= 15 is 0 Å². The van der Waals surface area contributed by atoms with Crippen molar-refractivity contribution in [1.29, 1.82) is 0 Å². The van der Waals surface area contributed by atoms with Crippen LogP contribution in [-0.4, -0.2) is 40.5 Å². The topological polar surface area (TPSA) is 112 Å². The van der Waals surface area contributed by atoms with Crippen LogP contribution in [0.3, 0.4) is 0 Å². The molecule has 2 atom stereocenters. The molecule has 0 radical (unpaired) electrons. The molecule has 1 fully saturated rings. The van der Waals surface area contributed by atoms with Crippen molar-refractivity contribution in [3.8, 4) is 0 Å². The Morgan fingerprint density at radius 2 is 2.07 bits per heavy atom. The Morgan fingerprint density at radius 1 is 1.33 bits per heavy atom. The SMILES string of the molecule is CC(=O)OC1CCc2c1ncc([N+](=O)[O-])c2N1CCC[C@H](CC(=O)OC(C)(C)C)C1. The summed E-state index contributed by atoms with van der Waals surface area (Å²) in [6.45, 7) is 8.05. The van der Waals surface area contributed by atoms with Crippen molar-refractivity contribution in [3.63, 3.8) is 0 Å². The van der Waals surface area contributed by atoms with Gasteiger partial charge in [-0.3, -0.25) is 19.7 Å². The Balaban J connectivity index is 1.85. The summed E-state index contributed by atoms with van der Waals surface area (Å²) >= 11 is 0. The van der Waals surface area contributed by atoms with Crippen molar-refractivity contribution >= 4 is 23.3 Å². The van der Waals surface area contributed by atoms with Crippen molar-refractivity contribution < 1.29 is 24.0 Å². The van der Waals surface area contributed by atoms with Gasteiger partial charge in [0.15, 0.2) is 0 Å². The number of anilines is 1. The lowest BCUT2D eigenvalue weighted by Gasteiger charge is -2.35. The molecule has 0 aromatic carbocycles. The number of fused-ring (bicyclic) bond motifs is 1. The van der Waals surface area contributed by atoms with Gasteiger partial charge < -0.3 is 14.4 Å². The van der Waals surface area contributed by atoms with Gasteiger partial charge in [0.25, 0.3) is 0 Å². The van der Waals surface area contributed by atoms with E-state index < -0.39 is 22.6 Å². The fourth-order valence-electron chi connectivity index (χ4n) is 4.34. The van der Waals surface area contributed by atoms with Crippen molar-refractivity contribution in [1.82, 2.24) is 4.98 Å². The lowest BCUT2D eigenvalue weighted by atomic mass is 9.93. The third kappa shape index (κ3) is 5.06. The number of carbonyl (C=O) groups is 2. The second-order valence-corrected chi connectivity index (χ2v) is 8.99. The molecule has 0 saturated carbocycles. The molecule has 1 aliphatic carbocycles. The van der Waals surface area contributed by atoms with Crippen LogP contribution < -0.4 is 4.90 Å². The predicted octanol–water partition coefficient (Wildman–Crippen LogP) is 3.49. The number of hydrogen-bond acceptors (Lipinski definition) is 8. The van der Waals surface area contributed by atoms with Crippen molar-refractivity contribution in [2.45, 2.75) is 71.5 Å². The van der Waals surface area contributed by atoms with Gasteiger partial charge in [0, 0.05) is 25.6 Å². The van der Waals surface area contributed by atoms with Crippen molar-refractivity contribution in [2.24, 2.45) is 5.92 Å². The first-order valence-corrected chi connectivity index (χ1v) is 10.4. The van der Waals surface area contributed by atoms with Gasteiger partial charge in [-0.1, -0.05) is 0 Å². The summed E-state index contributed by atoms with van der Waals surface area (Å²) in [5.74, 6) is -0.591. The van der Waals surface area contributed by atoms with Gasteiger partial charge in [0.2, 0.25) is 0 Å². The van der Waals surface area contributed by atoms with Crippen LogP contribution in [0, 0.1) is 16.0 Å². The molecule has 1 aromatic rings. The van der Waals surface area contributed by atoms with Gasteiger partial charge in [-0.2, -0.15) is 0 Å². The maximum Gasteiger partial charge on any atom is 0.310 e. The van der Waals surface area contributed by atoms with E-state index in [4.69, 9.17) is 9.47 Å². The maximum absolute atomic E-state index is 12.3. The van der Waals surface area contributed by atoms with Crippen LogP contribution in [0.2, 0.25) is 0 Å². The third-order valence-electron chi connectivity index (χ3n) is 5.34. The third-order valence-corrected chi connectivity index (χ3v) is 5.34. The summed E-state index contributed by atoms with van der Waals surface area (Å²) < 4.78 is 10.8. The molecule has 0 bridgehead atoms. The molecule has 0 N–H and O–H groups in total. The zero-order valence-electron chi connectivity index (χ0n) is 18.0. The minimum atomic E-state index is -0.540. The number of piperidine rings is 1. The Bertz CT molecular complexity index is 848. The van der Waals surface area contributed by atoms with Crippen molar-refractivity contribution in [2.75, 3.05) is 18.0 Å². The van der Waals surface area contributed by atoms with E-state index in [1.54, 1.807) is 0 Å². The fourth-order valence-corrected chi connectivity index (χ4v) is 4.34. The number of nitrogens with zero attached hydrogens (tertiary/aromatic N) is 3. The molecule has 2 heterocycles. The molecular formula is C21H29N3O6. The number of nitro groups is 1.